The Kier molecular flexibility index (Phi) is 4.95. The highest BCUT2D eigenvalue weighted by atomic mass is 16.4. The van der Waals surface area contributed by atoms with Crippen LogP contribution < -0.4 is 4.90 Å². The molecule has 0 amide bonds. The highest BCUT2D eigenvalue weighted by Crippen LogP contribution is 2.22. The van der Waals surface area contributed by atoms with E-state index in [1.54, 1.807) is 11.1 Å². The summed E-state index contributed by atoms with van der Waals surface area (Å²) in [5.41, 5.74) is 0.739. The highest BCUT2D eigenvalue weighted by molar-refractivity contribution is 5.75. The molecule has 5 heteroatoms. The van der Waals surface area contributed by atoms with E-state index in [-0.39, 0.29) is 0 Å². The molecule has 0 saturated carbocycles. The highest BCUT2D eigenvalue weighted by Gasteiger charge is 2.24. The summed E-state index contributed by atoms with van der Waals surface area (Å²) in [5, 5.41) is 9.37. The van der Waals surface area contributed by atoms with Crippen LogP contribution >= 0.6 is 0 Å². The standard InChI is InChI=1S/C15H23N3O2/c1-3-17(2)14(15(19)20)12-7-8-13(16-11-12)18-9-5-4-6-10-18/h7-8,11,14H,3-6,9-10H2,1-2H3,(H,19,20). The van der Waals surface area contributed by atoms with Gasteiger partial charge in [-0.25, -0.2) is 4.98 Å². The topological polar surface area (TPSA) is 56.7 Å². The molecule has 2 heterocycles. The van der Waals surface area contributed by atoms with E-state index >= 15 is 0 Å². The van der Waals surface area contributed by atoms with Crippen molar-refractivity contribution in [2.24, 2.45) is 0 Å². The maximum Gasteiger partial charge on any atom is 0.325 e. The Morgan fingerprint density at radius 1 is 1.40 bits per heavy atom. The lowest BCUT2D eigenvalue weighted by Gasteiger charge is -2.28. The van der Waals surface area contributed by atoms with Crippen LogP contribution in [0.3, 0.4) is 0 Å². The first-order valence-electron chi connectivity index (χ1n) is 7.27. The Labute approximate surface area is 120 Å². The van der Waals surface area contributed by atoms with Gasteiger partial charge in [-0.2, -0.15) is 0 Å². The molecular weight excluding hydrogens is 254 g/mol. The summed E-state index contributed by atoms with van der Waals surface area (Å²) in [5.74, 6) is 0.124. The van der Waals surface area contributed by atoms with Crippen LogP contribution in [0.25, 0.3) is 0 Å². The fourth-order valence-electron chi connectivity index (χ4n) is 2.64. The van der Waals surface area contributed by atoms with Gasteiger partial charge in [-0.05, 0) is 44.5 Å². The Balaban J connectivity index is 2.15. The van der Waals surface area contributed by atoms with Crippen LogP contribution in [-0.2, 0) is 4.79 Å². The van der Waals surface area contributed by atoms with Gasteiger partial charge in [0.25, 0.3) is 0 Å². The quantitative estimate of drug-likeness (QED) is 0.893. The fourth-order valence-corrected chi connectivity index (χ4v) is 2.64. The predicted molar refractivity (Wildman–Crippen MR) is 79.0 cm³/mol. The molecule has 2 rings (SSSR count). The zero-order chi connectivity index (χ0) is 14.5. The van der Waals surface area contributed by atoms with Crippen LogP contribution in [0.4, 0.5) is 5.82 Å². The Morgan fingerprint density at radius 3 is 2.60 bits per heavy atom. The molecule has 0 spiro atoms. The summed E-state index contributed by atoms with van der Waals surface area (Å²) in [4.78, 5) is 19.9. The second kappa shape index (κ2) is 6.70. The minimum Gasteiger partial charge on any atom is -0.480 e. The van der Waals surface area contributed by atoms with Crippen molar-refractivity contribution < 1.29 is 9.90 Å². The van der Waals surface area contributed by atoms with Gasteiger partial charge in [0, 0.05) is 19.3 Å². The van der Waals surface area contributed by atoms with Gasteiger partial charge in [0.05, 0.1) is 0 Å². The van der Waals surface area contributed by atoms with Crippen LogP contribution in [0.15, 0.2) is 18.3 Å². The molecule has 1 atom stereocenters. The Hall–Kier alpha value is -1.62. The van der Waals surface area contributed by atoms with E-state index in [0.717, 1.165) is 24.5 Å². The van der Waals surface area contributed by atoms with Gasteiger partial charge in [0.15, 0.2) is 0 Å². The first-order chi connectivity index (χ1) is 9.63. The Morgan fingerprint density at radius 2 is 2.10 bits per heavy atom. The van der Waals surface area contributed by atoms with Gasteiger partial charge in [-0.3, -0.25) is 9.69 Å². The second-order valence-electron chi connectivity index (χ2n) is 5.31. The SMILES string of the molecule is CCN(C)C(C(=O)O)c1ccc(N2CCCCC2)nc1. The number of nitrogens with zero attached hydrogens (tertiary/aromatic N) is 3. The molecule has 20 heavy (non-hydrogen) atoms. The van der Waals surface area contributed by atoms with Crippen molar-refractivity contribution in [1.29, 1.82) is 0 Å². The van der Waals surface area contributed by atoms with Crippen molar-refractivity contribution in [3.8, 4) is 0 Å². The molecule has 1 fully saturated rings. The number of pyridine rings is 1. The number of piperidine rings is 1. The summed E-state index contributed by atoms with van der Waals surface area (Å²) in [6.07, 6.45) is 5.41. The van der Waals surface area contributed by atoms with E-state index in [1.807, 2.05) is 26.1 Å². The van der Waals surface area contributed by atoms with Gasteiger partial charge in [-0.15, -0.1) is 0 Å². The lowest BCUT2D eigenvalue weighted by Crippen LogP contribution is -2.32. The summed E-state index contributed by atoms with van der Waals surface area (Å²) in [6, 6.07) is 3.21. The molecule has 0 radical (unpaired) electrons. The molecular formula is C15H23N3O2. The maximum absolute atomic E-state index is 11.4. The third-order valence-electron chi connectivity index (χ3n) is 3.94. The smallest absolute Gasteiger partial charge is 0.325 e. The zero-order valence-corrected chi connectivity index (χ0v) is 12.2. The van der Waals surface area contributed by atoms with Crippen molar-refractivity contribution in [2.75, 3.05) is 31.6 Å². The number of aromatic nitrogens is 1. The molecule has 1 N–H and O–H groups in total. The van der Waals surface area contributed by atoms with E-state index in [4.69, 9.17) is 0 Å². The van der Waals surface area contributed by atoms with Crippen molar-refractivity contribution in [1.82, 2.24) is 9.88 Å². The van der Waals surface area contributed by atoms with Crippen molar-refractivity contribution >= 4 is 11.8 Å². The number of hydrogen-bond donors (Lipinski definition) is 1. The zero-order valence-electron chi connectivity index (χ0n) is 12.2. The van der Waals surface area contributed by atoms with Crippen LogP contribution in [0.5, 0.6) is 0 Å². The molecule has 1 saturated heterocycles. The van der Waals surface area contributed by atoms with E-state index in [1.165, 1.54) is 19.3 Å². The normalized spacial score (nSPS) is 17.2. The summed E-state index contributed by atoms with van der Waals surface area (Å²) >= 11 is 0. The molecule has 0 aliphatic carbocycles. The van der Waals surface area contributed by atoms with Crippen LogP contribution in [0.2, 0.25) is 0 Å². The van der Waals surface area contributed by atoms with Crippen molar-refractivity contribution in [3.05, 3.63) is 23.9 Å². The van der Waals surface area contributed by atoms with Gasteiger partial charge in [-0.1, -0.05) is 13.0 Å². The van der Waals surface area contributed by atoms with Gasteiger partial charge in [0.2, 0.25) is 0 Å². The number of likely N-dealkylation sites (N-methyl/N-ethyl adjacent to an activating group) is 1. The minimum atomic E-state index is -0.832. The van der Waals surface area contributed by atoms with Crippen molar-refractivity contribution in [2.45, 2.75) is 32.2 Å². The molecule has 1 aromatic heterocycles. The molecule has 110 valence electrons. The Bertz CT molecular complexity index is 441. The summed E-state index contributed by atoms with van der Waals surface area (Å²) < 4.78 is 0. The molecule has 0 aromatic carbocycles. The monoisotopic (exact) mass is 277 g/mol. The third kappa shape index (κ3) is 3.28. The second-order valence-corrected chi connectivity index (χ2v) is 5.31. The molecule has 1 aliphatic heterocycles. The lowest BCUT2D eigenvalue weighted by atomic mass is 10.1. The average Bonchev–Trinajstić information content (AvgIpc) is 2.48. The van der Waals surface area contributed by atoms with Gasteiger partial charge >= 0.3 is 5.97 Å². The molecule has 5 nitrogen and oxygen atoms in total. The largest absolute Gasteiger partial charge is 0.480 e. The third-order valence-corrected chi connectivity index (χ3v) is 3.94. The van der Waals surface area contributed by atoms with Crippen LogP contribution in [0, 0.1) is 0 Å². The first kappa shape index (κ1) is 14.8. The molecule has 1 aromatic rings. The van der Waals surface area contributed by atoms with Gasteiger partial charge in [0.1, 0.15) is 11.9 Å². The van der Waals surface area contributed by atoms with Crippen molar-refractivity contribution in [3.63, 3.8) is 0 Å². The number of rotatable bonds is 5. The number of hydrogen-bond acceptors (Lipinski definition) is 4. The van der Waals surface area contributed by atoms with E-state index in [2.05, 4.69) is 9.88 Å². The number of anilines is 1. The summed E-state index contributed by atoms with van der Waals surface area (Å²) in [6.45, 7) is 4.73. The number of carbonyl (C=O) groups is 1. The average molecular weight is 277 g/mol. The van der Waals surface area contributed by atoms with E-state index < -0.39 is 12.0 Å². The number of carboxylic acids is 1. The minimum absolute atomic E-state index is 0.622. The van der Waals surface area contributed by atoms with Crippen LogP contribution in [0.1, 0.15) is 37.8 Å². The summed E-state index contributed by atoms with van der Waals surface area (Å²) in [7, 11) is 1.82. The van der Waals surface area contributed by atoms with E-state index in [9.17, 15) is 9.90 Å². The lowest BCUT2D eigenvalue weighted by molar-refractivity contribution is -0.143. The first-order valence-corrected chi connectivity index (χ1v) is 7.27. The molecule has 0 bridgehead atoms. The number of aliphatic carboxylic acids is 1. The molecule has 1 unspecified atom stereocenters. The van der Waals surface area contributed by atoms with Crippen LogP contribution in [-0.4, -0.2) is 47.6 Å². The molecule has 1 aliphatic rings. The number of carboxylic acid groups (broad SMARTS) is 1. The fraction of sp³-hybridized carbons (Fsp3) is 0.600. The van der Waals surface area contributed by atoms with E-state index in [0.29, 0.717) is 6.54 Å². The van der Waals surface area contributed by atoms with Gasteiger partial charge < -0.3 is 10.0 Å². The maximum atomic E-state index is 11.4. The predicted octanol–water partition coefficient (Wildman–Crippen LogP) is 2.15.